The van der Waals surface area contributed by atoms with E-state index in [0.717, 1.165) is 61.2 Å². The first-order chi connectivity index (χ1) is 22.3. The summed E-state index contributed by atoms with van der Waals surface area (Å²) in [6.07, 6.45) is 10.1. The molecule has 0 radical (unpaired) electrons. The van der Waals surface area contributed by atoms with Crippen molar-refractivity contribution in [1.82, 2.24) is 19.7 Å². The van der Waals surface area contributed by atoms with Gasteiger partial charge in [-0.25, -0.2) is 31.8 Å². The molecule has 3 atom stereocenters. The zero-order valence-corrected chi connectivity index (χ0v) is 27.0. The van der Waals surface area contributed by atoms with E-state index in [1.807, 2.05) is 16.9 Å². The Hall–Kier alpha value is -4.23. The van der Waals surface area contributed by atoms with Crippen molar-refractivity contribution in [1.29, 1.82) is 0 Å². The lowest BCUT2D eigenvalue weighted by molar-refractivity contribution is -0.0398. The number of aryl methyl sites for hydroxylation is 1. The quantitative estimate of drug-likeness (QED) is 0.194. The first kappa shape index (κ1) is 31.7. The summed E-state index contributed by atoms with van der Waals surface area (Å²) in [7, 11) is -1.44. The number of hydrogen-bond donors (Lipinski definition) is 0. The molecule has 0 bridgehead atoms. The fraction of sp³-hybridized carbons (Fsp3) is 0.424. The Morgan fingerprint density at radius 2 is 1.89 bits per heavy atom. The fourth-order valence-electron chi connectivity index (χ4n) is 6.15. The Balaban J connectivity index is 1.26. The number of hydrogen-bond acceptors (Lipinski definition) is 9. The predicted octanol–water partition coefficient (Wildman–Crippen LogP) is 5.95. The van der Waals surface area contributed by atoms with Gasteiger partial charge in [0.05, 0.1) is 26.5 Å². The summed E-state index contributed by atoms with van der Waals surface area (Å²) >= 11 is 0. The maximum atomic E-state index is 15.9. The normalized spacial score (nSPS) is 20.0. The second-order valence-electron chi connectivity index (χ2n) is 11.5. The van der Waals surface area contributed by atoms with Crippen molar-refractivity contribution in [2.75, 3.05) is 25.1 Å². The molecule has 0 spiro atoms. The SMILES string of the molecule is COc1ccc(CN(c2ccncn2)S(=O)(=O)c2cc(C)c(O[C@H]3CCC[C@@H]3c3ccn(C4CCCCO4)n3)cc2F)c(OC)c1. The molecule has 244 valence electrons. The Morgan fingerprint density at radius 1 is 1.02 bits per heavy atom. The van der Waals surface area contributed by atoms with Gasteiger partial charge in [-0.2, -0.15) is 5.10 Å². The molecule has 1 saturated heterocycles. The van der Waals surface area contributed by atoms with Gasteiger partial charge in [0.25, 0.3) is 10.0 Å². The average Bonchev–Trinajstić information content (AvgIpc) is 3.76. The number of nitrogens with zero attached hydrogens (tertiary/aromatic N) is 5. The molecule has 1 aliphatic heterocycles. The highest BCUT2D eigenvalue weighted by atomic mass is 32.2. The van der Waals surface area contributed by atoms with Gasteiger partial charge in [0.15, 0.2) is 0 Å². The third-order valence-electron chi connectivity index (χ3n) is 8.62. The first-order valence-corrected chi connectivity index (χ1v) is 16.9. The molecule has 0 amide bonds. The Bertz CT molecular complexity index is 1760. The van der Waals surface area contributed by atoms with Gasteiger partial charge in [-0.15, -0.1) is 0 Å². The molecular weight excluding hydrogens is 613 g/mol. The number of rotatable bonds is 11. The molecule has 46 heavy (non-hydrogen) atoms. The van der Waals surface area contributed by atoms with E-state index in [2.05, 4.69) is 9.97 Å². The molecule has 13 heteroatoms. The molecule has 4 aromatic rings. The van der Waals surface area contributed by atoms with Gasteiger partial charge in [0.1, 0.15) is 52.4 Å². The average molecular weight is 652 g/mol. The summed E-state index contributed by atoms with van der Waals surface area (Å²) < 4.78 is 70.2. The maximum Gasteiger partial charge on any atom is 0.268 e. The zero-order valence-electron chi connectivity index (χ0n) is 26.1. The molecule has 11 nitrogen and oxygen atoms in total. The smallest absolute Gasteiger partial charge is 0.268 e. The van der Waals surface area contributed by atoms with E-state index in [-0.39, 0.29) is 30.6 Å². The molecular formula is C33H38FN5O6S. The van der Waals surface area contributed by atoms with E-state index in [1.54, 1.807) is 25.1 Å². The van der Waals surface area contributed by atoms with Crippen LogP contribution in [0, 0.1) is 12.7 Å². The number of benzene rings is 2. The molecule has 0 N–H and O–H groups in total. The van der Waals surface area contributed by atoms with Crippen LogP contribution in [0.3, 0.4) is 0 Å². The second kappa shape index (κ2) is 13.6. The van der Waals surface area contributed by atoms with Gasteiger partial charge in [-0.1, -0.05) is 0 Å². The minimum atomic E-state index is -4.45. The van der Waals surface area contributed by atoms with Crippen LogP contribution in [0.1, 0.15) is 67.5 Å². The van der Waals surface area contributed by atoms with Crippen LogP contribution in [0.2, 0.25) is 0 Å². The summed E-state index contributed by atoms with van der Waals surface area (Å²) in [5, 5.41) is 4.83. The molecule has 2 aliphatic rings. The highest BCUT2D eigenvalue weighted by molar-refractivity contribution is 7.92. The maximum absolute atomic E-state index is 15.9. The van der Waals surface area contributed by atoms with E-state index < -0.39 is 20.7 Å². The zero-order chi connectivity index (χ0) is 32.3. The molecule has 2 aromatic heterocycles. The van der Waals surface area contributed by atoms with Crippen molar-refractivity contribution in [2.45, 2.75) is 75.1 Å². The second-order valence-corrected chi connectivity index (χ2v) is 13.4. The van der Waals surface area contributed by atoms with Crippen molar-refractivity contribution in [3.63, 3.8) is 0 Å². The van der Waals surface area contributed by atoms with E-state index in [1.165, 1.54) is 38.9 Å². The number of aromatic nitrogens is 4. The van der Waals surface area contributed by atoms with Crippen LogP contribution in [-0.4, -0.2) is 55.1 Å². The van der Waals surface area contributed by atoms with Gasteiger partial charge in [-0.3, -0.25) is 0 Å². The van der Waals surface area contributed by atoms with E-state index in [0.29, 0.717) is 28.4 Å². The number of halogens is 1. The van der Waals surface area contributed by atoms with Crippen LogP contribution in [0.25, 0.3) is 0 Å². The van der Waals surface area contributed by atoms with E-state index in [4.69, 9.17) is 24.0 Å². The molecule has 2 fully saturated rings. The topological polar surface area (TPSA) is 118 Å². The minimum absolute atomic E-state index is 0.0310. The summed E-state index contributed by atoms with van der Waals surface area (Å²) in [6.45, 7) is 2.28. The number of methoxy groups -OCH3 is 2. The standard InChI is InChI=1S/C33H38FN5O6S/c1-22-17-31(46(40,41)39(32-12-14-35-21-36-32)20-23-10-11-24(42-2)18-30(23)43-3)26(34)19-29(22)45-28-8-6-7-25(28)27-13-15-38(37-27)33-9-4-5-16-44-33/h10-15,17-19,21,25,28,33H,4-9,16,20H2,1-3H3/t25-,28+,33?/m1/s1. The number of sulfonamides is 1. The lowest BCUT2D eigenvalue weighted by Gasteiger charge is -2.26. The molecule has 2 aromatic carbocycles. The summed E-state index contributed by atoms with van der Waals surface area (Å²) in [5.41, 5.74) is 1.95. The minimum Gasteiger partial charge on any atom is -0.497 e. The van der Waals surface area contributed by atoms with Gasteiger partial charge in [0.2, 0.25) is 0 Å². The predicted molar refractivity (Wildman–Crippen MR) is 168 cm³/mol. The van der Waals surface area contributed by atoms with Gasteiger partial charge in [-0.05, 0) is 75.3 Å². The Kier molecular flexibility index (Phi) is 9.41. The molecule has 6 rings (SSSR count). The third-order valence-corrected chi connectivity index (χ3v) is 10.4. The van der Waals surface area contributed by atoms with Crippen LogP contribution in [0.4, 0.5) is 10.2 Å². The fourth-order valence-corrected chi connectivity index (χ4v) is 7.68. The van der Waals surface area contributed by atoms with Crippen LogP contribution in [0.5, 0.6) is 17.2 Å². The lowest BCUT2D eigenvalue weighted by atomic mass is 10.0. The largest absolute Gasteiger partial charge is 0.497 e. The number of anilines is 1. The third kappa shape index (κ3) is 6.52. The monoisotopic (exact) mass is 651 g/mol. The van der Waals surface area contributed by atoms with Crippen LogP contribution in [-0.2, 0) is 21.3 Å². The highest BCUT2D eigenvalue weighted by Gasteiger charge is 2.35. The summed E-state index contributed by atoms with van der Waals surface area (Å²) in [6, 6.07) is 11.0. The van der Waals surface area contributed by atoms with Gasteiger partial charge in [0, 0.05) is 48.7 Å². The molecule has 1 saturated carbocycles. The first-order valence-electron chi connectivity index (χ1n) is 15.4. The van der Waals surface area contributed by atoms with E-state index in [9.17, 15) is 8.42 Å². The molecule has 3 heterocycles. The lowest BCUT2D eigenvalue weighted by Crippen LogP contribution is -2.32. The van der Waals surface area contributed by atoms with Crippen LogP contribution >= 0.6 is 0 Å². The van der Waals surface area contributed by atoms with Crippen molar-refractivity contribution >= 4 is 15.8 Å². The molecule has 1 unspecified atom stereocenters. The van der Waals surface area contributed by atoms with Crippen molar-refractivity contribution < 1.29 is 31.8 Å². The highest BCUT2D eigenvalue weighted by Crippen LogP contribution is 2.39. The molecule has 1 aliphatic carbocycles. The van der Waals surface area contributed by atoms with Crippen LogP contribution < -0.4 is 18.5 Å². The van der Waals surface area contributed by atoms with Gasteiger partial charge < -0.3 is 18.9 Å². The van der Waals surface area contributed by atoms with Crippen molar-refractivity contribution in [3.8, 4) is 17.2 Å². The van der Waals surface area contributed by atoms with E-state index >= 15 is 4.39 Å². The Morgan fingerprint density at radius 3 is 2.63 bits per heavy atom. The summed E-state index contributed by atoms with van der Waals surface area (Å²) in [5.74, 6) is 0.450. The Labute approximate surface area is 268 Å². The number of ether oxygens (including phenoxy) is 4. The summed E-state index contributed by atoms with van der Waals surface area (Å²) in [4.78, 5) is 7.60. The van der Waals surface area contributed by atoms with Crippen LogP contribution in [0.15, 0.2) is 66.1 Å². The van der Waals surface area contributed by atoms with Crippen molar-refractivity contribution in [3.05, 3.63) is 83.8 Å². The van der Waals surface area contributed by atoms with Gasteiger partial charge >= 0.3 is 0 Å². The van der Waals surface area contributed by atoms with Crippen molar-refractivity contribution in [2.24, 2.45) is 0 Å².